The molecule has 0 amide bonds. The zero-order chi connectivity index (χ0) is 18.9. The lowest BCUT2D eigenvalue weighted by Gasteiger charge is -2.31. The predicted octanol–water partition coefficient (Wildman–Crippen LogP) is 4.22. The van der Waals surface area contributed by atoms with E-state index in [1.54, 1.807) is 6.33 Å². The van der Waals surface area contributed by atoms with Gasteiger partial charge in [0.05, 0.1) is 18.2 Å². The molecule has 1 aromatic carbocycles. The van der Waals surface area contributed by atoms with Crippen LogP contribution in [0.2, 0.25) is 0 Å². The van der Waals surface area contributed by atoms with Crippen LogP contribution in [-0.2, 0) is 13.0 Å². The van der Waals surface area contributed by atoms with E-state index in [1.165, 1.54) is 46.3 Å². The number of hydrogen-bond donors (Lipinski definition) is 3. The second-order valence-electron chi connectivity index (χ2n) is 7.75. The second-order valence-corrected chi connectivity index (χ2v) is 7.75. The Kier molecular flexibility index (Phi) is 4.49. The fourth-order valence-corrected chi connectivity index (χ4v) is 4.56. The topological polar surface area (TPSA) is 76.4 Å². The first-order valence-corrected chi connectivity index (χ1v) is 10.1. The average Bonchev–Trinajstić information content (AvgIpc) is 3.48. The van der Waals surface area contributed by atoms with Gasteiger partial charge in [-0.3, -0.25) is 10.00 Å². The summed E-state index contributed by atoms with van der Waals surface area (Å²) in [5.41, 5.74) is 7.59. The van der Waals surface area contributed by atoms with Crippen molar-refractivity contribution in [2.75, 3.05) is 13.1 Å². The Morgan fingerprint density at radius 3 is 2.79 bits per heavy atom. The summed E-state index contributed by atoms with van der Waals surface area (Å²) in [4.78, 5) is 13.5. The van der Waals surface area contributed by atoms with Gasteiger partial charge in [-0.1, -0.05) is 13.0 Å². The molecule has 6 heteroatoms. The SMILES string of the molecule is CCc1c(-c2cn[nH]c2)[nH]c2ccc(C3CCN(Cc4cnc[nH]4)CC3)cc12. The smallest absolute Gasteiger partial charge is 0.0922 e. The number of rotatable bonds is 5. The Labute approximate surface area is 164 Å². The number of likely N-dealkylation sites (tertiary alicyclic amines) is 1. The molecule has 0 bridgehead atoms. The molecule has 6 nitrogen and oxygen atoms in total. The number of aromatic nitrogens is 5. The number of H-pyrrole nitrogens is 3. The first kappa shape index (κ1) is 17.3. The van der Waals surface area contributed by atoms with Gasteiger partial charge < -0.3 is 9.97 Å². The molecule has 4 heterocycles. The molecule has 0 atom stereocenters. The first-order chi connectivity index (χ1) is 13.8. The van der Waals surface area contributed by atoms with E-state index in [4.69, 9.17) is 0 Å². The van der Waals surface area contributed by atoms with E-state index < -0.39 is 0 Å². The second kappa shape index (κ2) is 7.28. The molecule has 4 aromatic rings. The summed E-state index contributed by atoms with van der Waals surface area (Å²) in [5, 5.41) is 8.40. The lowest BCUT2D eigenvalue weighted by molar-refractivity contribution is 0.203. The maximum absolute atomic E-state index is 4.12. The Bertz CT molecular complexity index is 1040. The van der Waals surface area contributed by atoms with Crippen molar-refractivity contribution in [1.29, 1.82) is 0 Å². The van der Waals surface area contributed by atoms with Crippen molar-refractivity contribution in [1.82, 2.24) is 30.0 Å². The molecule has 1 saturated heterocycles. The number of nitrogens with zero attached hydrogens (tertiary/aromatic N) is 3. The van der Waals surface area contributed by atoms with Gasteiger partial charge in [0, 0.05) is 41.1 Å². The number of piperidine rings is 1. The van der Waals surface area contributed by atoms with Crippen LogP contribution in [0.15, 0.2) is 43.1 Å². The van der Waals surface area contributed by atoms with Gasteiger partial charge in [-0.2, -0.15) is 5.10 Å². The van der Waals surface area contributed by atoms with E-state index in [0.717, 1.165) is 31.6 Å². The lowest BCUT2D eigenvalue weighted by Crippen LogP contribution is -2.32. The van der Waals surface area contributed by atoms with E-state index in [2.05, 4.69) is 55.2 Å². The average molecular weight is 374 g/mol. The first-order valence-electron chi connectivity index (χ1n) is 10.1. The molecule has 1 aliphatic heterocycles. The summed E-state index contributed by atoms with van der Waals surface area (Å²) in [6.45, 7) is 5.47. The number of hydrogen-bond acceptors (Lipinski definition) is 3. The number of fused-ring (bicyclic) bond motifs is 1. The third-order valence-electron chi connectivity index (χ3n) is 6.08. The minimum Gasteiger partial charge on any atom is -0.354 e. The zero-order valence-corrected chi connectivity index (χ0v) is 16.2. The normalized spacial score (nSPS) is 16.2. The largest absolute Gasteiger partial charge is 0.354 e. The third kappa shape index (κ3) is 3.14. The number of aromatic amines is 3. The van der Waals surface area contributed by atoms with Crippen molar-refractivity contribution < 1.29 is 0 Å². The molecular weight excluding hydrogens is 348 g/mol. The van der Waals surface area contributed by atoms with E-state index >= 15 is 0 Å². The molecule has 144 valence electrons. The highest BCUT2D eigenvalue weighted by atomic mass is 15.1. The van der Waals surface area contributed by atoms with Gasteiger partial charge in [0.15, 0.2) is 0 Å². The van der Waals surface area contributed by atoms with E-state index in [9.17, 15) is 0 Å². The van der Waals surface area contributed by atoms with Crippen LogP contribution in [0, 0.1) is 0 Å². The summed E-state index contributed by atoms with van der Waals surface area (Å²) in [6.07, 6.45) is 11.0. The Morgan fingerprint density at radius 2 is 2.07 bits per heavy atom. The van der Waals surface area contributed by atoms with Crippen molar-refractivity contribution in [3.63, 3.8) is 0 Å². The molecule has 0 aliphatic carbocycles. The monoisotopic (exact) mass is 374 g/mol. The summed E-state index contributed by atoms with van der Waals surface area (Å²) in [6, 6.07) is 6.99. The summed E-state index contributed by atoms with van der Waals surface area (Å²) in [5.74, 6) is 0.638. The van der Waals surface area contributed by atoms with Gasteiger partial charge in [-0.05, 0) is 61.5 Å². The standard InChI is InChI=1S/C22H26N6/c1-2-19-20-9-16(3-4-21(20)27-22(19)17-10-25-26-11-17)15-5-7-28(8-6-15)13-18-12-23-14-24-18/h3-4,9-12,14-15,27H,2,5-8,13H2,1H3,(H,23,24)(H,25,26). The Hall–Kier alpha value is -2.86. The Morgan fingerprint density at radius 1 is 1.18 bits per heavy atom. The predicted molar refractivity (Wildman–Crippen MR) is 111 cm³/mol. The van der Waals surface area contributed by atoms with E-state index in [-0.39, 0.29) is 0 Å². The number of aryl methyl sites for hydroxylation is 1. The van der Waals surface area contributed by atoms with Crippen LogP contribution < -0.4 is 0 Å². The Balaban J connectivity index is 1.37. The number of benzene rings is 1. The van der Waals surface area contributed by atoms with Gasteiger partial charge in [0.1, 0.15) is 0 Å². The van der Waals surface area contributed by atoms with Crippen LogP contribution >= 0.6 is 0 Å². The molecule has 1 fully saturated rings. The van der Waals surface area contributed by atoms with Crippen LogP contribution in [0.4, 0.5) is 0 Å². The molecule has 28 heavy (non-hydrogen) atoms. The van der Waals surface area contributed by atoms with Gasteiger partial charge in [-0.25, -0.2) is 4.98 Å². The summed E-state index contributed by atoms with van der Waals surface area (Å²) >= 11 is 0. The molecule has 0 unspecified atom stereocenters. The van der Waals surface area contributed by atoms with Crippen molar-refractivity contribution >= 4 is 10.9 Å². The lowest BCUT2D eigenvalue weighted by atomic mass is 9.88. The molecule has 3 aromatic heterocycles. The molecule has 0 radical (unpaired) electrons. The highest BCUT2D eigenvalue weighted by molar-refractivity contribution is 5.91. The van der Waals surface area contributed by atoms with Crippen LogP contribution in [0.25, 0.3) is 22.2 Å². The van der Waals surface area contributed by atoms with Crippen LogP contribution in [0.3, 0.4) is 0 Å². The fraction of sp³-hybridized carbons (Fsp3) is 0.364. The van der Waals surface area contributed by atoms with E-state index in [0.29, 0.717) is 5.92 Å². The van der Waals surface area contributed by atoms with Crippen molar-refractivity contribution in [3.8, 4) is 11.3 Å². The summed E-state index contributed by atoms with van der Waals surface area (Å²) in [7, 11) is 0. The van der Waals surface area contributed by atoms with E-state index in [1.807, 2.05) is 18.6 Å². The highest BCUT2D eigenvalue weighted by Crippen LogP contribution is 2.35. The molecule has 3 N–H and O–H groups in total. The van der Waals surface area contributed by atoms with Gasteiger partial charge in [0.25, 0.3) is 0 Å². The molecule has 1 aliphatic rings. The van der Waals surface area contributed by atoms with Gasteiger partial charge in [-0.15, -0.1) is 0 Å². The number of imidazole rings is 1. The minimum absolute atomic E-state index is 0.638. The number of nitrogens with one attached hydrogen (secondary N) is 3. The molecule has 0 spiro atoms. The summed E-state index contributed by atoms with van der Waals surface area (Å²) < 4.78 is 0. The fourth-order valence-electron chi connectivity index (χ4n) is 4.56. The van der Waals surface area contributed by atoms with Crippen molar-refractivity contribution in [2.45, 2.75) is 38.6 Å². The zero-order valence-electron chi connectivity index (χ0n) is 16.2. The van der Waals surface area contributed by atoms with Crippen LogP contribution in [0.5, 0.6) is 0 Å². The maximum Gasteiger partial charge on any atom is 0.0922 e. The van der Waals surface area contributed by atoms with Gasteiger partial charge in [0.2, 0.25) is 0 Å². The quantitative estimate of drug-likeness (QED) is 0.489. The molecule has 0 saturated carbocycles. The molecular formula is C22H26N6. The minimum atomic E-state index is 0.638. The highest BCUT2D eigenvalue weighted by Gasteiger charge is 2.22. The van der Waals surface area contributed by atoms with Crippen LogP contribution in [0.1, 0.15) is 42.5 Å². The maximum atomic E-state index is 4.12. The molecule has 5 rings (SSSR count). The van der Waals surface area contributed by atoms with Crippen LogP contribution in [-0.4, -0.2) is 43.1 Å². The van der Waals surface area contributed by atoms with Crippen molar-refractivity contribution in [3.05, 3.63) is 59.9 Å². The third-order valence-corrected chi connectivity index (χ3v) is 6.08. The van der Waals surface area contributed by atoms with Gasteiger partial charge >= 0.3 is 0 Å². The van der Waals surface area contributed by atoms with Crippen molar-refractivity contribution in [2.24, 2.45) is 0 Å².